The van der Waals surface area contributed by atoms with Crippen molar-refractivity contribution in [2.24, 2.45) is 0 Å². The number of rotatable bonds is 6. The zero-order valence-corrected chi connectivity index (χ0v) is 11.9. The molecule has 0 saturated carbocycles. The van der Waals surface area contributed by atoms with Gasteiger partial charge in [-0.25, -0.2) is 0 Å². The average molecular weight is 267 g/mol. The van der Waals surface area contributed by atoms with Crippen LogP contribution in [-0.2, 0) is 0 Å². The van der Waals surface area contributed by atoms with Crippen LogP contribution in [0.25, 0.3) is 0 Å². The largest absolute Gasteiger partial charge is 0.310 e. The Hall–Kier alpha value is -0.570. The van der Waals surface area contributed by atoms with Gasteiger partial charge >= 0.3 is 0 Å². The lowest BCUT2D eigenvalue weighted by Crippen LogP contribution is -2.27. The average Bonchev–Trinajstić information content (AvgIpc) is 2.87. The molecular weight excluding hydrogens is 244 g/mol. The van der Waals surface area contributed by atoms with E-state index in [2.05, 4.69) is 29.3 Å². The summed E-state index contributed by atoms with van der Waals surface area (Å²) in [6.45, 7) is 6.89. The Bertz CT molecular complexity index is 361. The zero-order chi connectivity index (χ0) is 12.8. The Morgan fingerprint density at radius 2 is 2.11 bits per heavy atom. The summed E-state index contributed by atoms with van der Waals surface area (Å²) < 4.78 is 0. The fourth-order valence-electron chi connectivity index (χ4n) is 2.67. The molecule has 1 atom stereocenters. The molecule has 100 valence electrons. The lowest BCUT2D eigenvalue weighted by atomic mass is 10.0. The normalized spacial score (nSPS) is 18.1. The van der Waals surface area contributed by atoms with E-state index in [4.69, 9.17) is 11.6 Å². The Morgan fingerprint density at radius 3 is 2.78 bits per heavy atom. The van der Waals surface area contributed by atoms with Gasteiger partial charge in [-0.05, 0) is 63.1 Å². The van der Waals surface area contributed by atoms with Crippen LogP contribution in [-0.4, -0.2) is 31.1 Å². The topological polar surface area (TPSA) is 15.3 Å². The first-order valence-electron chi connectivity index (χ1n) is 7.01. The SMILES string of the molecule is CCNC(CCN1CCCC1)c1cccc(Cl)c1. The molecule has 0 bridgehead atoms. The highest BCUT2D eigenvalue weighted by Crippen LogP contribution is 2.21. The third-order valence-corrected chi connectivity index (χ3v) is 3.87. The minimum Gasteiger partial charge on any atom is -0.310 e. The Kier molecular flexibility index (Phi) is 5.48. The second-order valence-corrected chi connectivity index (χ2v) is 5.44. The maximum absolute atomic E-state index is 6.08. The zero-order valence-electron chi connectivity index (χ0n) is 11.2. The number of nitrogens with zero attached hydrogens (tertiary/aromatic N) is 1. The van der Waals surface area contributed by atoms with Crippen molar-refractivity contribution in [3.8, 4) is 0 Å². The van der Waals surface area contributed by atoms with E-state index in [0.717, 1.165) is 18.0 Å². The first-order valence-corrected chi connectivity index (χ1v) is 7.38. The molecule has 0 radical (unpaired) electrons. The van der Waals surface area contributed by atoms with Crippen LogP contribution in [0.5, 0.6) is 0 Å². The molecule has 1 aliphatic rings. The molecule has 18 heavy (non-hydrogen) atoms. The predicted octanol–water partition coefficient (Wildman–Crippen LogP) is 3.48. The molecule has 0 amide bonds. The maximum atomic E-state index is 6.08. The van der Waals surface area contributed by atoms with Gasteiger partial charge in [0.05, 0.1) is 0 Å². The highest BCUT2D eigenvalue weighted by atomic mass is 35.5. The van der Waals surface area contributed by atoms with Crippen LogP contribution in [0.15, 0.2) is 24.3 Å². The second kappa shape index (κ2) is 7.13. The van der Waals surface area contributed by atoms with Crippen molar-refractivity contribution in [3.05, 3.63) is 34.9 Å². The number of nitrogens with one attached hydrogen (secondary N) is 1. The van der Waals surface area contributed by atoms with E-state index in [-0.39, 0.29) is 0 Å². The predicted molar refractivity (Wildman–Crippen MR) is 78.2 cm³/mol. The Balaban J connectivity index is 1.94. The molecule has 1 aromatic carbocycles. The van der Waals surface area contributed by atoms with Crippen molar-refractivity contribution in [2.45, 2.75) is 32.2 Å². The monoisotopic (exact) mass is 266 g/mol. The van der Waals surface area contributed by atoms with E-state index in [9.17, 15) is 0 Å². The van der Waals surface area contributed by atoms with Gasteiger partial charge in [-0.2, -0.15) is 0 Å². The first-order chi connectivity index (χ1) is 8.79. The number of halogens is 1. The van der Waals surface area contributed by atoms with E-state index in [1.807, 2.05) is 12.1 Å². The van der Waals surface area contributed by atoms with E-state index in [0.29, 0.717) is 6.04 Å². The van der Waals surface area contributed by atoms with Gasteiger partial charge in [0.25, 0.3) is 0 Å². The van der Waals surface area contributed by atoms with Crippen molar-refractivity contribution in [1.29, 1.82) is 0 Å². The number of benzene rings is 1. The van der Waals surface area contributed by atoms with Crippen molar-refractivity contribution in [1.82, 2.24) is 10.2 Å². The third kappa shape index (κ3) is 3.98. The van der Waals surface area contributed by atoms with Gasteiger partial charge in [0.1, 0.15) is 0 Å². The molecule has 1 aliphatic heterocycles. The standard InChI is InChI=1S/C15H23ClN2/c1-2-17-15(8-11-18-9-3-4-10-18)13-6-5-7-14(16)12-13/h5-7,12,15,17H,2-4,8-11H2,1H3. The molecular formula is C15H23ClN2. The maximum Gasteiger partial charge on any atom is 0.0409 e. The van der Waals surface area contributed by atoms with E-state index < -0.39 is 0 Å². The van der Waals surface area contributed by atoms with Crippen molar-refractivity contribution in [3.63, 3.8) is 0 Å². The van der Waals surface area contributed by atoms with Gasteiger partial charge in [-0.15, -0.1) is 0 Å². The van der Waals surface area contributed by atoms with Crippen LogP contribution in [0.2, 0.25) is 5.02 Å². The Morgan fingerprint density at radius 1 is 1.33 bits per heavy atom. The smallest absolute Gasteiger partial charge is 0.0409 e. The summed E-state index contributed by atoms with van der Waals surface area (Å²) in [5.74, 6) is 0. The number of hydrogen-bond acceptors (Lipinski definition) is 2. The van der Waals surface area contributed by atoms with Gasteiger partial charge in [-0.1, -0.05) is 30.7 Å². The molecule has 1 unspecified atom stereocenters. The lowest BCUT2D eigenvalue weighted by molar-refractivity contribution is 0.311. The van der Waals surface area contributed by atoms with Gasteiger partial charge in [-0.3, -0.25) is 0 Å². The van der Waals surface area contributed by atoms with Gasteiger partial charge < -0.3 is 10.2 Å². The highest BCUT2D eigenvalue weighted by Gasteiger charge is 2.15. The molecule has 0 spiro atoms. The lowest BCUT2D eigenvalue weighted by Gasteiger charge is -2.22. The summed E-state index contributed by atoms with van der Waals surface area (Å²) in [6, 6.07) is 8.66. The van der Waals surface area contributed by atoms with Gasteiger partial charge in [0.15, 0.2) is 0 Å². The van der Waals surface area contributed by atoms with Crippen LogP contribution in [0.3, 0.4) is 0 Å². The van der Waals surface area contributed by atoms with Crippen LogP contribution < -0.4 is 5.32 Å². The molecule has 0 aromatic heterocycles. The summed E-state index contributed by atoms with van der Waals surface area (Å²) in [5.41, 5.74) is 1.31. The van der Waals surface area contributed by atoms with E-state index in [1.165, 1.54) is 38.0 Å². The van der Waals surface area contributed by atoms with Crippen LogP contribution in [0.4, 0.5) is 0 Å². The number of likely N-dealkylation sites (tertiary alicyclic amines) is 1. The minimum absolute atomic E-state index is 0.425. The summed E-state index contributed by atoms with van der Waals surface area (Å²) in [7, 11) is 0. The molecule has 2 rings (SSSR count). The van der Waals surface area contributed by atoms with Crippen LogP contribution in [0.1, 0.15) is 37.8 Å². The van der Waals surface area contributed by atoms with E-state index in [1.54, 1.807) is 0 Å². The van der Waals surface area contributed by atoms with E-state index >= 15 is 0 Å². The molecule has 1 saturated heterocycles. The Labute approximate surface area is 115 Å². The molecule has 1 fully saturated rings. The number of hydrogen-bond donors (Lipinski definition) is 1. The molecule has 0 aliphatic carbocycles. The van der Waals surface area contributed by atoms with Crippen molar-refractivity contribution in [2.75, 3.05) is 26.2 Å². The quantitative estimate of drug-likeness (QED) is 0.848. The second-order valence-electron chi connectivity index (χ2n) is 5.00. The molecule has 1 heterocycles. The van der Waals surface area contributed by atoms with Crippen molar-refractivity contribution < 1.29 is 0 Å². The molecule has 3 heteroatoms. The summed E-state index contributed by atoms with van der Waals surface area (Å²) >= 11 is 6.08. The van der Waals surface area contributed by atoms with Crippen molar-refractivity contribution >= 4 is 11.6 Å². The summed E-state index contributed by atoms with van der Waals surface area (Å²) in [5, 5.41) is 4.39. The minimum atomic E-state index is 0.425. The highest BCUT2D eigenvalue weighted by molar-refractivity contribution is 6.30. The van der Waals surface area contributed by atoms with Gasteiger partial charge in [0, 0.05) is 11.1 Å². The first kappa shape index (κ1) is 13.9. The fourth-order valence-corrected chi connectivity index (χ4v) is 2.87. The summed E-state index contributed by atoms with van der Waals surface area (Å²) in [4.78, 5) is 2.56. The fraction of sp³-hybridized carbons (Fsp3) is 0.600. The van der Waals surface area contributed by atoms with Gasteiger partial charge in [0.2, 0.25) is 0 Å². The molecule has 1 aromatic rings. The molecule has 2 nitrogen and oxygen atoms in total. The van der Waals surface area contributed by atoms with Crippen LogP contribution >= 0.6 is 11.6 Å². The molecule has 1 N–H and O–H groups in total. The summed E-state index contributed by atoms with van der Waals surface area (Å²) in [6.07, 6.45) is 3.89. The van der Waals surface area contributed by atoms with Crippen LogP contribution in [0, 0.1) is 0 Å². The third-order valence-electron chi connectivity index (χ3n) is 3.63.